The smallest absolute Gasteiger partial charge is 0.307 e. The monoisotopic (exact) mass is 301 g/mol. The highest BCUT2D eigenvalue weighted by Gasteiger charge is 2.33. The van der Waals surface area contributed by atoms with E-state index in [2.05, 4.69) is 12.2 Å². The Hall–Kier alpha value is -2.10. The van der Waals surface area contributed by atoms with Gasteiger partial charge in [-0.15, -0.1) is 0 Å². The van der Waals surface area contributed by atoms with Crippen LogP contribution in [0.2, 0.25) is 0 Å². The van der Waals surface area contributed by atoms with Gasteiger partial charge in [-0.2, -0.15) is 0 Å². The van der Waals surface area contributed by atoms with Gasteiger partial charge in [-0.25, -0.2) is 0 Å². The summed E-state index contributed by atoms with van der Waals surface area (Å²) in [7, 11) is 0. The van der Waals surface area contributed by atoms with E-state index in [1.54, 1.807) is 0 Å². The number of hydrogen-bond acceptors (Lipinski definition) is 2. The molecule has 0 radical (unpaired) electrons. The summed E-state index contributed by atoms with van der Waals surface area (Å²) in [5, 5.41) is 12.1. The summed E-state index contributed by atoms with van der Waals surface area (Å²) in [5.74, 6) is -2.24. The van der Waals surface area contributed by atoms with Gasteiger partial charge < -0.3 is 10.4 Å². The zero-order valence-corrected chi connectivity index (χ0v) is 12.9. The molecule has 0 heterocycles. The van der Waals surface area contributed by atoms with Crippen molar-refractivity contribution in [1.29, 1.82) is 0 Å². The molecule has 0 aromatic heterocycles. The number of unbranched alkanes of at least 4 members (excludes halogenated alkanes) is 1. The molecule has 1 aromatic rings. The standard InChI is InChI=1S/C18H23NO3/c1-2-3-6-13-9-11-14(12-10-13)19-17(20)15-7-4-5-8-16(15)18(21)22/h4-5,9-12,15-16H,2-3,6-8H2,1H3,(H,19,20)(H,21,22). The van der Waals surface area contributed by atoms with Crippen molar-refractivity contribution in [1.82, 2.24) is 0 Å². The van der Waals surface area contributed by atoms with Crippen molar-refractivity contribution in [3.05, 3.63) is 42.0 Å². The highest BCUT2D eigenvalue weighted by molar-refractivity contribution is 5.95. The van der Waals surface area contributed by atoms with Crippen molar-refractivity contribution in [3.63, 3.8) is 0 Å². The number of hydrogen-bond donors (Lipinski definition) is 2. The molecule has 2 rings (SSSR count). The summed E-state index contributed by atoms with van der Waals surface area (Å²) < 4.78 is 0. The Balaban J connectivity index is 1.98. The van der Waals surface area contributed by atoms with Gasteiger partial charge in [-0.3, -0.25) is 9.59 Å². The molecule has 0 saturated carbocycles. The van der Waals surface area contributed by atoms with E-state index in [4.69, 9.17) is 0 Å². The van der Waals surface area contributed by atoms with Crippen LogP contribution in [-0.4, -0.2) is 17.0 Å². The van der Waals surface area contributed by atoms with E-state index in [9.17, 15) is 14.7 Å². The summed E-state index contributed by atoms with van der Waals surface area (Å²) >= 11 is 0. The molecular formula is C18H23NO3. The van der Waals surface area contributed by atoms with Crippen LogP contribution in [0.4, 0.5) is 5.69 Å². The number of nitrogens with one attached hydrogen (secondary N) is 1. The molecular weight excluding hydrogens is 278 g/mol. The second kappa shape index (κ2) is 7.78. The van der Waals surface area contributed by atoms with Crippen molar-refractivity contribution >= 4 is 17.6 Å². The van der Waals surface area contributed by atoms with Gasteiger partial charge in [0.25, 0.3) is 0 Å². The normalized spacial score (nSPS) is 20.6. The second-order valence-electron chi connectivity index (χ2n) is 5.78. The lowest BCUT2D eigenvalue weighted by Crippen LogP contribution is -2.34. The predicted molar refractivity (Wildman–Crippen MR) is 86.7 cm³/mol. The van der Waals surface area contributed by atoms with Crippen LogP contribution in [0.25, 0.3) is 0 Å². The van der Waals surface area contributed by atoms with Gasteiger partial charge in [-0.05, 0) is 43.4 Å². The zero-order valence-electron chi connectivity index (χ0n) is 12.9. The summed E-state index contributed by atoms with van der Waals surface area (Å²) in [6, 6.07) is 7.80. The quantitative estimate of drug-likeness (QED) is 0.788. The van der Waals surface area contributed by atoms with Gasteiger partial charge in [0, 0.05) is 5.69 Å². The van der Waals surface area contributed by atoms with E-state index in [-0.39, 0.29) is 5.91 Å². The Morgan fingerprint density at radius 3 is 2.36 bits per heavy atom. The average molecular weight is 301 g/mol. The predicted octanol–water partition coefficient (Wildman–Crippen LogP) is 3.63. The molecule has 22 heavy (non-hydrogen) atoms. The molecule has 118 valence electrons. The minimum absolute atomic E-state index is 0.210. The molecule has 1 aliphatic rings. The molecule has 4 nitrogen and oxygen atoms in total. The third-order valence-corrected chi connectivity index (χ3v) is 4.13. The van der Waals surface area contributed by atoms with Gasteiger partial charge in [0.1, 0.15) is 0 Å². The van der Waals surface area contributed by atoms with Crippen LogP contribution >= 0.6 is 0 Å². The second-order valence-corrected chi connectivity index (χ2v) is 5.78. The highest BCUT2D eigenvalue weighted by atomic mass is 16.4. The summed E-state index contributed by atoms with van der Waals surface area (Å²) in [6.07, 6.45) is 7.98. The maximum Gasteiger partial charge on any atom is 0.307 e. The SMILES string of the molecule is CCCCc1ccc(NC(=O)C2CC=CCC2C(=O)O)cc1. The maximum atomic E-state index is 12.3. The summed E-state index contributed by atoms with van der Waals surface area (Å²) in [4.78, 5) is 23.6. The fourth-order valence-electron chi connectivity index (χ4n) is 2.75. The first-order chi connectivity index (χ1) is 10.6. The van der Waals surface area contributed by atoms with E-state index in [1.807, 2.05) is 36.4 Å². The summed E-state index contributed by atoms with van der Waals surface area (Å²) in [5.41, 5.74) is 1.98. The van der Waals surface area contributed by atoms with Gasteiger partial charge in [0.2, 0.25) is 5.91 Å². The van der Waals surface area contributed by atoms with Crippen molar-refractivity contribution < 1.29 is 14.7 Å². The molecule has 1 aromatic carbocycles. The largest absolute Gasteiger partial charge is 0.481 e. The molecule has 0 aliphatic heterocycles. The third kappa shape index (κ3) is 4.20. The van der Waals surface area contributed by atoms with Crippen molar-refractivity contribution in [2.75, 3.05) is 5.32 Å². The van der Waals surface area contributed by atoms with Crippen LogP contribution in [0.1, 0.15) is 38.2 Å². The van der Waals surface area contributed by atoms with Gasteiger partial charge in [0.15, 0.2) is 0 Å². The van der Waals surface area contributed by atoms with E-state index in [0.29, 0.717) is 12.8 Å². The van der Waals surface area contributed by atoms with Gasteiger partial charge in [-0.1, -0.05) is 37.6 Å². The molecule has 2 unspecified atom stereocenters. The van der Waals surface area contributed by atoms with Crippen LogP contribution < -0.4 is 5.32 Å². The number of anilines is 1. The van der Waals surface area contributed by atoms with Crippen LogP contribution in [-0.2, 0) is 16.0 Å². The molecule has 0 saturated heterocycles. The van der Waals surface area contributed by atoms with Gasteiger partial charge in [0.05, 0.1) is 11.8 Å². The highest BCUT2D eigenvalue weighted by Crippen LogP contribution is 2.27. The van der Waals surface area contributed by atoms with Crippen LogP contribution in [0.3, 0.4) is 0 Å². The Morgan fingerprint density at radius 1 is 1.14 bits per heavy atom. The Labute approximate surface area is 131 Å². The number of carboxylic acids is 1. The van der Waals surface area contributed by atoms with Crippen LogP contribution in [0.5, 0.6) is 0 Å². The number of benzene rings is 1. The number of aliphatic carboxylic acids is 1. The molecule has 0 bridgehead atoms. The minimum Gasteiger partial charge on any atom is -0.481 e. The number of amides is 1. The van der Waals surface area contributed by atoms with E-state index in [0.717, 1.165) is 24.9 Å². The number of allylic oxidation sites excluding steroid dienone is 2. The lowest BCUT2D eigenvalue weighted by molar-refractivity contribution is -0.146. The first-order valence-electron chi connectivity index (χ1n) is 7.89. The first kappa shape index (κ1) is 16.3. The number of aryl methyl sites for hydroxylation is 1. The number of carboxylic acid groups (broad SMARTS) is 1. The van der Waals surface area contributed by atoms with Crippen molar-refractivity contribution in [2.24, 2.45) is 11.8 Å². The number of rotatable bonds is 6. The zero-order chi connectivity index (χ0) is 15.9. The lowest BCUT2D eigenvalue weighted by Gasteiger charge is -2.24. The Kier molecular flexibility index (Phi) is 5.75. The molecule has 2 N–H and O–H groups in total. The van der Waals surface area contributed by atoms with Crippen molar-refractivity contribution in [2.45, 2.75) is 39.0 Å². The third-order valence-electron chi connectivity index (χ3n) is 4.13. The first-order valence-corrected chi connectivity index (χ1v) is 7.89. The topological polar surface area (TPSA) is 66.4 Å². The molecule has 1 aliphatic carbocycles. The molecule has 2 atom stereocenters. The molecule has 0 fully saturated rings. The molecule has 1 amide bonds. The maximum absolute atomic E-state index is 12.3. The Bertz CT molecular complexity index is 548. The lowest BCUT2D eigenvalue weighted by atomic mass is 9.82. The van der Waals surface area contributed by atoms with Crippen molar-refractivity contribution in [3.8, 4) is 0 Å². The van der Waals surface area contributed by atoms with Gasteiger partial charge >= 0.3 is 5.97 Å². The fourth-order valence-corrected chi connectivity index (χ4v) is 2.75. The molecule has 4 heteroatoms. The van der Waals surface area contributed by atoms with E-state index < -0.39 is 17.8 Å². The van der Waals surface area contributed by atoms with E-state index >= 15 is 0 Å². The van der Waals surface area contributed by atoms with E-state index in [1.165, 1.54) is 5.56 Å². The minimum atomic E-state index is -0.903. The number of carbonyl (C=O) groups excluding carboxylic acids is 1. The number of carbonyl (C=O) groups is 2. The average Bonchev–Trinajstić information content (AvgIpc) is 2.54. The Morgan fingerprint density at radius 2 is 1.77 bits per heavy atom. The van der Waals surface area contributed by atoms with Crippen LogP contribution in [0.15, 0.2) is 36.4 Å². The molecule has 0 spiro atoms. The summed E-state index contributed by atoms with van der Waals surface area (Å²) in [6.45, 7) is 2.16. The fraction of sp³-hybridized carbons (Fsp3) is 0.444. The van der Waals surface area contributed by atoms with Crippen LogP contribution in [0, 0.1) is 11.8 Å².